The number of carboxylic acid groups (broad SMARTS) is 1. The number of halogens is 1. The molecule has 1 aromatic rings. The molecule has 6 heteroatoms. The number of hydrogen-bond acceptors (Lipinski definition) is 4. The SMILES string of the molecule is COc1ccc(CN(CCN(C)C)CC(=O)O)cc1Cl. The average molecular weight is 301 g/mol. The first-order valence-electron chi connectivity index (χ1n) is 6.33. The van der Waals surface area contributed by atoms with Crippen LogP contribution in [0.5, 0.6) is 5.75 Å². The molecule has 20 heavy (non-hydrogen) atoms. The Morgan fingerprint density at radius 3 is 2.55 bits per heavy atom. The fourth-order valence-electron chi connectivity index (χ4n) is 1.81. The number of likely N-dealkylation sites (N-methyl/N-ethyl adjacent to an activating group) is 1. The summed E-state index contributed by atoms with van der Waals surface area (Å²) in [6.45, 7) is 2.04. The summed E-state index contributed by atoms with van der Waals surface area (Å²) < 4.78 is 5.10. The highest BCUT2D eigenvalue weighted by Crippen LogP contribution is 2.25. The molecule has 0 amide bonds. The van der Waals surface area contributed by atoms with Crippen molar-refractivity contribution in [1.29, 1.82) is 0 Å². The fourth-order valence-corrected chi connectivity index (χ4v) is 2.09. The molecule has 0 aromatic heterocycles. The van der Waals surface area contributed by atoms with E-state index in [2.05, 4.69) is 0 Å². The summed E-state index contributed by atoms with van der Waals surface area (Å²) in [4.78, 5) is 14.8. The van der Waals surface area contributed by atoms with Gasteiger partial charge in [0.15, 0.2) is 0 Å². The molecule has 0 saturated heterocycles. The van der Waals surface area contributed by atoms with Crippen molar-refractivity contribution in [2.45, 2.75) is 6.54 Å². The van der Waals surface area contributed by atoms with Crippen LogP contribution in [-0.4, -0.2) is 61.7 Å². The zero-order valence-electron chi connectivity index (χ0n) is 12.1. The van der Waals surface area contributed by atoms with Crippen molar-refractivity contribution in [3.8, 4) is 5.75 Å². The van der Waals surface area contributed by atoms with Gasteiger partial charge in [0, 0.05) is 19.6 Å². The van der Waals surface area contributed by atoms with Crippen LogP contribution in [0.3, 0.4) is 0 Å². The molecule has 0 saturated carbocycles. The van der Waals surface area contributed by atoms with E-state index < -0.39 is 5.97 Å². The lowest BCUT2D eigenvalue weighted by atomic mass is 10.2. The largest absolute Gasteiger partial charge is 0.495 e. The van der Waals surface area contributed by atoms with Crippen LogP contribution < -0.4 is 4.74 Å². The van der Waals surface area contributed by atoms with E-state index in [1.54, 1.807) is 13.2 Å². The minimum absolute atomic E-state index is 0.0114. The first kappa shape index (κ1) is 16.8. The Morgan fingerprint density at radius 2 is 2.05 bits per heavy atom. The molecular formula is C14H21ClN2O3. The van der Waals surface area contributed by atoms with Gasteiger partial charge in [-0.05, 0) is 31.8 Å². The zero-order chi connectivity index (χ0) is 15.1. The highest BCUT2D eigenvalue weighted by molar-refractivity contribution is 6.32. The molecule has 0 heterocycles. The van der Waals surface area contributed by atoms with Crippen molar-refractivity contribution < 1.29 is 14.6 Å². The van der Waals surface area contributed by atoms with Crippen LogP contribution in [-0.2, 0) is 11.3 Å². The molecule has 0 unspecified atom stereocenters. The van der Waals surface area contributed by atoms with Crippen LogP contribution in [0.15, 0.2) is 18.2 Å². The molecule has 0 atom stereocenters. The van der Waals surface area contributed by atoms with E-state index in [1.165, 1.54) is 0 Å². The average Bonchev–Trinajstić information content (AvgIpc) is 2.35. The van der Waals surface area contributed by atoms with Gasteiger partial charge < -0.3 is 14.7 Å². The predicted molar refractivity (Wildman–Crippen MR) is 79.5 cm³/mol. The Labute approximate surface area is 124 Å². The lowest BCUT2D eigenvalue weighted by Gasteiger charge is -2.22. The third-order valence-corrected chi connectivity index (χ3v) is 3.14. The number of methoxy groups -OCH3 is 1. The molecule has 112 valence electrons. The molecule has 0 spiro atoms. The second-order valence-corrected chi connectivity index (χ2v) is 5.28. The number of carboxylic acids is 1. The second-order valence-electron chi connectivity index (χ2n) is 4.88. The summed E-state index contributed by atoms with van der Waals surface area (Å²) in [5.74, 6) is -0.211. The number of ether oxygens (including phenoxy) is 1. The quantitative estimate of drug-likeness (QED) is 0.793. The first-order valence-corrected chi connectivity index (χ1v) is 6.71. The summed E-state index contributed by atoms with van der Waals surface area (Å²) in [5, 5.41) is 9.50. The smallest absolute Gasteiger partial charge is 0.317 e. The van der Waals surface area contributed by atoms with Gasteiger partial charge in [0.05, 0.1) is 18.7 Å². The molecule has 1 N–H and O–H groups in total. The van der Waals surface area contributed by atoms with Crippen molar-refractivity contribution in [3.05, 3.63) is 28.8 Å². The van der Waals surface area contributed by atoms with Gasteiger partial charge in [0.2, 0.25) is 0 Å². The number of hydrogen-bond donors (Lipinski definition) is 1. The van der Waals surface area contributed by atoms with Crippen LogP contribution in [0, 0.1) is 0 Å². The van der Waals surface area contributed by atoms with Gasteiger partial charge in [-0.25, -0.2) is 0 Å². The normalized spacial score (nSPS) is 11.1. The zero-order valence-corrected chi connectivity index (χ0v) is 12.9. The lowest BCUT2D eigenvalue weighted by Crippen LogP contribution is -2.35. The van der Waals surface area contributed by atoms with E-state index in [9.17, 15) is 4.79 Å². The van der Waals surface area contributed by atoms with Gasteiger partial charge in [-0.1, -0.05) is 17.7 Å². The molecule has 1 aromatic carbocycles. The Hall–Kier alpha value is -1.30. The second kappa shape index (κ2) is 8.09. The lowest BCUT2D eigenvalue weighted by molar-refractivity contribution is -0.138. The van der Waals surface area contributed by atoms with E-state index >= 15 is 0 Å². The van der Waals surface area contributed by atoms with Crippen molar-refractivity contribution in [3.63, 3.8) is 0 Å². The molecule has 0 aliphatic heterocycles. The number of nitrogens with zero attached hydrogens (tertiary/aromatic N) is 2. The Bertz CT molecular complexity index is 452. The van der Waals surface area contributed by atoms with Crippen LogP contribution in [0.2, 0.25) is 5.02 Å². The third kappa shape index (κ3) is 5.77. The van der Waals surface area contributed by atoms with E-state index in [0.29, 0.717) is 23.9 Å². The van der Waals surface area contributed by atoms with Gasteiger partial charge >= 0.3 is 5.97 Å². The van der Waals surface area contributed by atoms with Gasteiger partial charge in [0.1, 0.15) is 5.75 Å². The van der Waals surface area contributed by atoms with Crippen molar-refractivity contribution in [2.75, 3.05) is 40.8 Å². The molecule has 5 nitrogen and oxygen atoms in total. The van der Waals surface area contributed by atoms with E-state index in [4.69, 9.17) is 21.4 Å². The summed E-state index contributed by atoms with van der Waals surface area (Å²) in [6, 6.07) is 5.50. The molecule has 0 fully saturated rings. The van der Waals surface area contributed by atoms with Gasteiger partial charge in [0.25, 0.3) is 0 Å². The van der Waals surface area contributed by atoms with E-state index in [1.807, 2.05) is 36.0 Å². The van der Waals surface area contributed by atoms with Gasteiger partial charge in [-0.2, -0.15) is 0 Å². The summed E-state index contributed by atoms with van der Waals surface area (Å²) in [5.41, 5.74) is 0.968. The molecule has 0 radical (unpaired) electrons. The minimum Gasteiger partial charge on any atom is -0.495 e. The summed E-state index contributed by atoms with van der Waals surface area (Å²) in [7, 11) is 5.49. The Kier molecular flexibility index (Phi) is 6.78. The number of rotatable bonds is 8. The molecule has 0 aliphatic carbocycles. The van der Waals surface area contributed by atoms with Crippen molar-refractivity contribution >= 4 is 17.6 Å². The van der Waals surface area contributed by atoms with E-state index in [-0.39, 0.29) is 6.54 Å². The maximum absolute atomic E-state index is 10.9. The van der Waals surface area contributed by atoms with Crippen molar-refractivity contribution in [1.82, 2.24) is 9.80 Å². The van der Waals surface area contributed by atoms with Crippen LogP contribution in [0.1, 0.15) is 5.56 Å². The molecule has 1 rings (SSSR count). The standard InChI is InChI=1S/C14H21ClN2O3/c1-16(2)6-7-17(10-14(18)19)9-11-4-5-13(20-3)12(15)8-11/h4-5,8H,6-7,9-10H2,1-3H3,(H,18,19). The van der Waals surface area contributed by atoms with Gasteiger partial charge in [-0.15, -0.1) is 0 Å². The van der Waals surface area contributed by atoms with Crippen molar-refractivity contribution in [2.24, 2.45) is 0 Å². The monoisotopic (exact) mass is 300 g/mol. The highest BCUT2D eigenvalue weighted by atomic mass is 35.5. The van der Waals surface area contributed by atoms with Crippen LogP contribution in [0.4, 0.5) is 0 Å². The Balaban J connectivity index is 2.72. The summed E-state index contributed by atoms with van der Waals surface area (Å²) in [6.07, 6.45) is 0. The molecular weight excluding hydrogens is 280 g/mol. The predicted octanol–water partition coefficient (Wildman–Crippen LogP) is 1.80. The molecule has 0 aliphatic rings. The fraction of sp³-hybridized carbons (Fsp3) is 0.500. The van der Waals surface area contributed by atoms with Crippen LogP contribution >= 0.6 is 11.6 Å². The van der Waals surface area contributed by atoms with Gasteiger partial charge in [-0.3, -0.25) is 9.69 Å². The first-order chi connectivity index (χ1) is 9.42. The van der Waals surface area contributed by atoms with Crippen LogP contribution in [0.25, 0.3) is 0 Å². The maximum Gasteiger partial charge on any atom is 0.317 e. The maximum atomic E-state index is 10.9. The number of benzene rings is 1. The Morgan fingerprint density at radius 1 is 1.35 bits per heavy atom. The third-order valence-electron chi connectivity index (χ3n) is 2.84. The minimum atomic E-state index is -0.830. The topological polar surface area (TPSA) is 53.0 Å². The summed E-state index contributed by atoms with van der Waals surface area (Å²) >= 11 is 6.08. The van der Waals surface area contributed by atoms with E-state index in [0.717, 1.165) is 12.1 Å². The number of aliphatic carboxylic acids is 1. The highest BCUT2D eigenvalue weighted by Gasteiger charge is 2.12. The molecule has 0 bridgehead atoms. The number of carbonyl (C=O) groups is 1.